The standard InChI is InChI=1S/C7H11N3O2/c11-4-3-6-8-7(12)10(9-6)5-1-2-5/h5,11H,1-4H2,(H,8,9,12). The topological polar surface area (TPSA) is 70.9 Å². The molecule has 0 saturated heterocycles. The summed E-state index contributed by atoms with van der Waals surface area (Å²) in [5.74, 6) is 0.578. The number of aliphatic hydroxyl groups excluding tert-OH is 1. The lowest BCUT2D eigenvalue weighted by Crippen LogP contribution is -2.16. The molecule has 12 heavy (non-hydrogen) atoms. The van der Waals surface area contributed by atoms with Gasteiger partial charge in [0, 0.05) is 6.42 Å². The maximum atomic E-state index is 11.2. The number of hydrogen-bond donors (Lipinski definition) is 2. The van der Waals surface area contributed by atoms with E-state index in [0.29, 0.717) is 18.3 Å². The Labute approximate surface area is 69.0 Å². The lowest BCUT2D eigenvalue weighted by Gasteiger charge is -1.91. The minimum Gasteiger partial charge on any atom is -0.396 e. The van der Waals surface area contributed by atoms with E-state index in [4.69, 9.17) is 5.11 Å². The summed E-state index contributed by atoms with van der Waals surface area (Å²) < 4.78 is 1.48. The molecule has 5 heteroatoms. The van der Waals surface area contributed by atoms with E-state index in [1.54, 1.807) is 0 Å². The highest BCUT2D eigenvalue weighted by Crippen LogP contribution is 2.32. The van der Waals surface area contributed by atoms with Crippen molar-refractivity contribution in [3.8, 4) is 0 Å². The summed E-state index contributed by atoms with van der Waals surface area (Å²) in [6, 6.07) is 0.307. The van der Waals surface area contributed by atoms with E-state index in [9.17, 15) is 4.79 Å². The number of hydrogen-bond acceptors (Lipinski definition) is 3. The molecule has 1 fully saturated rings. The van der Waals surface area contributed by atoms with Crippen LogP contribution in [0.15, 0.2) is 4.79 Å². The average Bonchev–Trinajstić information content (AvgIpc) is 2.79. The minimum absolute atomic E-state index is 0.0254. The van der Waals surface area contributed by atoms with Gasteiger partial charge in [-0.3, -0.25) is 4.98 Å². The van der Waals surface area contributed by atoms with E-state index in [-0.39, 0.29) is 12.3 Å². The smallest absolute Gasteiger partial charge is 0.343 e. The van der Waals surface area contributed by atoms with Gasteiger partial charge < -0.3 is 5.11 Å². The van der Waals surface area contributed by atoms with E-state index in [2.05, 4.69) is 10.1 Å². The molecule has 0 aliphatic heterocycles. The van der Waals surface area contributed by atoms with Gasteiger partial charge in [0.15, 0.2) is 0 Å². The molecule has 1 aliphatic rings. The second-order valence-electron chi connectivity index (χ2n) is 3.03. The molecule has 2 rings (SSSR count). The van der Waals surface area contributed by atoms with Gasteiger partial charge >= 0.3 is 5.69 Å². The van der Waals surface area contributed by atoms with Crippen LogP contribution in [0.2, 0.25) is 0 Å². The quantitative estimate of drug-likeness (QED) is 0.637. The predicted octanol–water partition coefficient (Wildman–Crippen LogP) is -0.559. The Balaban J connectivity index is 2.24. The molecule has 0 radical (unpaired) electrons. The van der Waals surface area contributed by atoms with Gasteiger partial charge in [-0.1, -0.05) is 0 Å². The summed E-state index contributed by atoms with van der Waals surface area (Å²) in [4.78, 5) is 13.8. The van der Waals surface area contributed by atoms with Gasteiger partial charge in [-0.2, -0.15) is 5.10 Å². The molecule has 0 bridgehead atoms. The molecular weight excluding hydrogens is 158 g/mol. The fraction of sp³-hybridized carbons (Fsp3) is 0.714. The zero-order valence-electron chi connectivity index (χ0n) is 6.66. The van der Waals surface area contributed by atoms with Crippen molar-refractivity contribution in [2.75, 3.05) is 6.61 Å². The lowest BCUT2D eigenvalue weighted by atomic mass is 10.4. The first-order chi connectivity index (χ1) is 5.81. The Morgan fingerprint density at radius 3 is 3.00 bits per heavy atom. The second-order valence-corrected chi connectivity index (χ2v) is 3.03. The van der Waals surface area contributed by atoms with Gasteiger partial charge in [0.05, 0.1) is 12.6 Å². The van der Waals surface area contributed by atoms with Crippen LogP contribution < -0.4 is 5.69 Å². The molecule has 1 aromatic heterocycles. The van der Waals surface area contributed by atoms with Crippen molar-refractivity contribution in [3.63, 3.8) is 0 Å². The number of nitrogens with zero attached hydrogens (tertiary/aromatic N) is 2. The normalized spacial score (nSPS) is 16.8. The third-order valence-electron chi connectivity index (χ3n) is 1.93. The molecule has 0 aromatic carbocycles. The zero-order chi connectivity index (χ0) is 8.55. The van der Waals surface area contributed by atoms with Gasteiger partial charge in [0.25, 0.3) is 0 Å². The largest absolute Gasteiger partial charge is 0.396 e. The first-order valence-corrected chi connectivity index (χ1v) is 4.10. The SMILES string of the molecule is O=c1[nH]c(CCO)nn1C1CC1. The molecule has 66 valence electrons. The zero-order valence-corrected chi connectivity index (χ0v) is 6.66. The van der Waals surface area contributed by atoms with E-state index < -0.39 is 0 Å². The molecule has 1 aromatic rings. The van der Waals surface area contributed by atoms with Crippen LogP contribution in [-0.2, 0) is 6.42 Å². The van der Waals surface area contributed by atoms with Crippen molar-refractivity contribution in [2.45, 2.75) is 25.3 Å². The number of aliphatic hydroxyl groups is 1. The van der Waals surface area contributed by atoms with Crippen LogP contribution in [0.25, 0.3) is 0 Å². The number of H-pyrrole nitrogens is 1. The lowest BCUT2D eigenvalue weighted by molar-refractivity contribution is 0.296. The third kappa shape index (κ3) is 1.27. The molecule has 1 saturated carbocycles. The Bertz CT molecular complexity index is 324. The van der Waals surface area contributed by atoms with Crippen LogP contribution in [-0.4, -0.2) is 26.5 Å². The Hall–Kier alpha value is -1.10. The summed E-state index contributed by atoms with van der Waals surface area (Å²) in [7, 11) is 0. The molecule has 1 heterocycles. The van der Waals surface area contributed by atoms with Gasteiger partial charge in [0.2, 0.25) is 0 Å². The summed E-state index contributed by atoms with van der Waals surface area (Å²) in [6.07, 6.45) is 2.52. The molecule has 0 atom stereocenters. The van der Waals surface area contributed by atoms with Crippen LogP contribution in [0.4, 0.5) is 0 Å². The van der Waals surface area contributed by atoms with E-state index in [1.807, 2.05) is 0 Å². The van der Waals surface area contributed by atoms with Crippen molar-refractivity contribution in [2.24, 2.45) is 0 Å². The van der Waals surface area contributed by atoms with Gasteiger partial charge in [-0.15, -0.1) is 0 Å². The van der Waals surface area contributed by atoms with Crippen LogP contribution in [0.3, 0.4) is 0 Å². The van der Waals surface area contributed by atoms with Crippen molar-refractivity contribution in [1.29, 1.82) is 0 Å². The maximum absolute atomic E-state index is 11.2. The highest BCUT2D eigenvalue weighted by molar-refractivity contribution is 4.88. The molecular formula is C7H11N3O2. The van der Waals surface area contributed by atoms with Crippen LogP contribution in [0.1, 0.15) is 24.7 Å². The molecule has 5 nitrogen and oxygen atoms in total. The fourth-order valence-corrected chi connectivity index (χ4v) is 1.17. The average molecular weight is 169 g/mol. The summed E-state index contributed by atoms with van der Waals surface area (Å²) in [5.41, 5.74) is -0.152. The fourth-order valence-electron chi connectivity index (χ4n) is 1.17. The number of nitrogens with one attached hydrogen (secondary N) is 1. The van der Waals surface area contributed by atoms with Crippen LogP contribution in [0.5, 0.6) is 0 Å². The molecule has 2 N–H and O–H groups in total. The first kappa shape index (κ1) is 7.54. The molecule has 0 spiro atoms. The van der Waals surface area contributed by atoms with Crippen molar-refractivity contribution >= 4 is 0 Å². The first-order valence-electron chi connectivity index (χ1n) is 4.10. The molecule has 0 amide bonds. The summed E-state index contributed by atoms with van der Waals surface area (Å²) >= 11 is 0. The minimum atomic E-state index is -0.152. The van der Waals surface area contributed by atoms with Gasteiger partial charge in [-0.05, 0) is 12.8 Å². The second kappa shape index (κ2) is 2.75. The van der Waals surface area contributed by atoms with E-state index >= 15 is 0 Å². The van der Waals surface area contributed by atoms with Crippen LogP contribution in [0, 0.1) is 0 Å². The van der Waals surface area contributed by atoms with Crippen molar-refractivity contribution in [1.82, 2.24) is 14.8 Å². The third-order valence-corrected chi connectivity index (χ3v) is 1.93. The Morgan fingerprint density at radius 1 is 1.67 bits per heavy atom. The Kier molecular flexibility index (Phi) is 1.73. The molecule has 1 aliphatic carbocycles. The summed E-state index contributed by atoms with van der Waals surface area (Å²) in [5, 5.41) is 12.7. The van der Waals surface area contributed by atoms with E-state index in [1.165, 1.54) is 4.68 Å². The van der Waals surface area contributed by atoms with Crippen molar-refractivity contribution < 1.29 is 5.11 Å². The van der Waals surface area contributed by atoms with Gasteiger partial charge in [-0.25, -0.2) is 9.48 Å². The summed E-state index contributed by atoms with van der Waals surface area (Å²) in [6.45, 7) is 0.0254. The van der Waals surface area contributed by atoms with Crippen molar-refractivity contribution in [3.05, 3.63) is 16.3 Å². The highest BCUT2D eigenvalue weighted by atomic mass is 16.3. The Morgan fingerprint density at radius 2 is 2.42 bits per heavy atom. The van der Waals surface area contributed by atoms with E-state index in [0.717, 1.165) is 12.8 Å². The predicted molar refractivity (Wildman–Crippen MR) is 41.9 cm³/mol. The monoisotopic (exact) mass is 169 g/mol. The van der Waals surface area contributed by atoms with Crippen LogP contribution >= 0.6 is 0 Å². The number of aromatic nitrogens is 3. The number of aromatic amines is 1. The highest BCUT2D eigenvalue weighted by Gasteiger charge is 2.26. The van der Waals surface area contributed by atoms with Gasteiger partial charge in [0.1, 0.15) is 5.82 Å². The molecule has 0 unspecified atom stereocenters. The number of rotatable bonds is 3. The maximum Gasteiger partial charge on any atom is 0.343 e.